The SMILES string of the molecule is CCCCCCCCCCCCOC1CC[C@@]2(C)C(=CCC3C2CC[C@@]2(C)C3CC[C@@H]2[C@H](C)CCCC(C)C)C1. The lowest BCUT2D eigenvalue weighted by Gasteiger charge is -2.58. The van der Waals surface area contributed by atoms with Crippen LogP contribution in [-0.4, -0.2) is 12.7 Å². The number of fused-ring (bicyclic) bond motifs is 5. The first-order chi connectivity index (χ1) is 19.3. The van der Waals surface area contributed by atoms with Gasteiger partial charge in [0.15, 0.2) is 0 Å². The molecule has 40 heavy (non-hydrogen) atoms. The maximum atomic E-state index is 6.52. The number of ether oxygens (including phenoxy) is 1. The van der Waals surface area contributed by atoms with Gasteiger partial charge in [0.2, 0.25) is 0 Å². The van der Waals surface area contributed by atoms with Crippen LogP contribution in [0.25, 0.3) is 0 Å². The van der Waals surface area contributed by atoms with E-state index in [1.165, 1.54) is 135 Å². The number of rotatable bonds is 17. The fraction of sp³-hybridized carbons (Fsp3) is 0.949. The monoisotopic (exact) mass is 555 g/mol. The molecule has 0 bridgehead atoms. The zero-order valence-corrected chi connectivity index (χ0v) is 28.1. The Balaban J connectivity index is 1.21. The molecule has 0 amide bonds. The highest BCUT2D eigenvalue weighted by atomic mass is 16.5. The molecule has 0 saturated heterocycles. The van der Waals surface area contributed by atoms with Gasteiger partial charge in [-0.05, 0) is 104 Å². The molecule has 0 radical (unpaired) electrons. The van der Waals surface area contributed by atoms with Crippen LogP contribution in [0.4, 0.5) is 0 Å². The van der Waals surface area contributed by atoms with Crippen LogP contribution in [0.5, 0.6) is 0 Å². The third-order valence-corrected chi connectivity index (χ3v) is 13.1. The summed E-state index contributed by atoms with van der Waals surface area (Å²) < 4.78 is 6.52. The predicted octanol–water partition coefficient (Wildman–Crippen LogP) is 12.3. The molecule has 0 heterocycles. The smallest absolute Gasteiger partial charge is 0.0612 e. The summed E-state index contributed by atoms with van der Waals surface area (Å²) in [6.45, 7) is 16.1. The van der Waals surface area contributed by atoms with Crippen molar-refractivity contribution in [1.82, 2.24) is 0 Å². The Morgan fingerprint density at radius 3 is 2.17 bits per heavy atom. The van der Waals surface area contributed by atoms with Crippen molar-refractivity contribution in [3.8, 4) is 0 Å². The maximum Gasteiger partial charge on any atom is 0.0612 e. The third kappa shape index (κ3) is 7.80. The Morgan fingerprint density at radius 1 is 0.775 bits per heavy atom. The Labute approximate surface area is 251 Å². The minimum absolute atomic E-state index is 0.461. The number of unbranched alkanes of at least 4 members (excludes halogenated alkanes) is 9. The molecule has 8 atom stereocenters. The third-order valence-electron chi connectivity index (χ3n) is 13.1. The molecule has 3 fully saturated rings. The molecule has 0 N–H and O–H groups in total. The van der Waals surface area contributed by atoms with Crippen molar-refractivity contribution < 1.29 is 4.74 Å². The van der Waals surface area contributed by atoms with E-state index in [9.17, 15) is 0 Å². The summed E-state index contributed by atoms with van der Waals surface area (Å²) in [4.78, 5) is 0. The maximum absolute atomic E-state index is 6.52. The normalized spacial score (nSPS) is 36.2. The van der Waals surface area contributed by atoms with E-state index in [1.54, 1.807) is 5.57 Å². The van der Waals surface area contributed by atoms with Gasteiger partial charge >= 0.3 is 0 Å². The lowest BCUT2D eigenvalue weighted by molar-refractivity contribution is -0.0641. The van der Waals surface area contributed by atoms with Crippen LogP contribution in [0.3, 0.4) is 0 Å². The van der Waals surface area contributed by atoms with Crippen molar-refractivity contribution in [3.63, 3.8) is 0 Å². The lowest BCUT2D eigenvalue weighted by Crippen LogP contribution is -2.51. The molecule has 1 nitrogen and oxygen atoms in total. The molecule has 0 aromatic heterocycles. The average molecular weight is 555 g/mol. The Hall–Kier alpha value is -0.300. The van der Waals surface area contributed by atoms with Gasteiger partial charge in [-0.1, -0.05) is 130 Å². The number of hydrogen-bond acceptors (Lipinski definition) is 1. The van der Waals surface area contributed by atoms with Gasteiger partial charge in [-0.3, -0.25) is 0 Å². The predicted molar refractivity (Wildman–Crippen MR) is 175 cm³/mol. The van der Waals surface area contributed by atoms with E-state index in [-0.39, 0.29) is 0 Å². The van der Waals surface area contributed by atoms with Crippen LogP contribution in [0.15, 0.2) is 11.6 Å². The van der Waals surface area contributed by atoms with Crippen molar-refractivity contribution in [2.75, 3.05) is 6.61 Å². The molecule has 0 aliphatic heterocycles. The largest absolute Gasteiger partial charge is 0.378 e. The molecule has 0 aromatic carbocycles. The summed E-state index contributed by atoms with van der Waals surface area (Å²) in [6, 6.07) is 0. The second kappa shape index (κ2) is 15.4. The fourth-order valence-electron chi connectivity index (χ4n) is 10.6. The van der Waals surface area contributed by atoms with Gasteiger partial charge in [-0.15, -0.1) is 0 Å². The van der Waals surface area contributed by atoms with E-state index in [1.807, 2.05) is 0 Å². The molecular formula is C39H70O. The lowest BCUT2D eigenvalue weighted by atomic mass is 9.47. The highest BCUT2D eigenvalue weighted by molar-refractivity contribution is 5.25. The summed E-state index contributed by atoms with van der Waals surface area (Å²) in [6.07, 6.45) is 32.9. The summed E-state index contributed by atoms with van der Waals surface area (Å²) in [5.74, 6) is 5.60. The van der Waals surface area contributed by atoms with Crippen molar-refractivity contribution in [2.24, 2.45) is 46.3 Å². The van der Waals surface area contributed by atoms with Crippen LogP contribution in [0.2, 0.25) is 0 Å². The van der Waals surface area contributed by atoms with Crippen LogP contribution < -0.4 is 0 Å². The Bertz CT molecular complexity index is 767. The van der Waals surface area contributed by atoms with Gasteiger partial charge in [0.25, 0.3) is 0 Å². The summed E-state index contributed by atoms with van der Waals surface area (Å²) in [5.41, 5.74) is 2.87. The first-order valence-electron chi connectivity index (χ1n) is 18.6. The zero-order valence-electron chi connectivity index (χ0n) is 28.1. The Morgan fingerprint density at radius 2 is 1.48 bits per heavy atom. The molecule has 0 spiro atoms. The molecule has 0 aromatic rings. The van der Waals surface area contributed by atoms with Crippen molar-refractivity contribution >= 4 is 0 Å². The van der Waals surface area contributed by atoms with Crippen LogP contribution in [0.1, 0.15) is 176 Å². The molecule has 4 aliphatic rings. The molecule has 232 valence electrons. The van der Waals surface area contributed by atoms with Gasteiger partial charge in [0.1, 0.15) is 0 Å². The number of allylic oxidation sites excluding steroid dienone is 1. The summed E-state index contributed by atoms with van der Waals surface area (Å²) >= 11 is 0. The van der Waals surface area contributed by atoms with Crippen LogP contribution in [0, 0.1) is 46.3 Å². The van der Waals surface area contributed by atoms with Gasteiger partial charge < -0.3 is 4.74 Å². The van der Waals surface area contributed by atoms with Crippen molar-refractivity contribution in [1.29, 1.82) is 0 Å². The van der Waals surface area contributed by atoms with Crippen molar-refractivity contribution in [3.05, 3.63) is 11.6 Å². The van der Waals surface area contributed by atoms with Crippen LogP contribution in [-0.2, 0) is 4.74 Å². The number of hydrogen-bond donors (Lipinski definition) is 0. The molecule has 4 aliphatic carbocycles. The van der Waals surface area contributed by atoms with E-state index >= 15 is 0 Å². The topological polar surface area (TPSA) is 9.23 Å². The van der Waals surface area contributed by atoms with E-state index < -0.39 is 0 Å². The van der Waals surface area contributed by atoms with Gasteiger partial charge in [0.05, 0.1) is 6.10 Å². The highest BCUT2D eigenvalue weighted by Crippen LogP contribution is 2.67. The minimum atomic E-state index is 0.461. The minimum Gasteiger partial charge on any atom is -0.378 e. The first-order valence-corrected chi connectivity index (χ1v) is 18.6. The van der Waals surface area contributed by atoms with E-state index in [0.29, 0.717) is 16.9 Å². The zero-order chi connectivity index (χ0) is 28.6. The quantitative estimate of drug-likeness (QED) is 0.128. The highest BCUT2D eigenvalue weighted by Gasteiger charge is 2.59. The van der Waals surface area contributed by atoms with Crippen molar-refractivity contribution in [2.45, 2.75) is 182 Å². The second-order valence-electron chi connectivity index (χ2n) is 16.2. The Kier molecular flexibility index (Phi) is 12.6. The van der Waals surface area contributed by atoms with E-state index in [2.05, 4.69) is 47.6 Å². The first kappa shape index (κ1) is 32.6. The molecule has 3 saturated carbocycles. The average Bonchev–Trinajstić information content (AvgIpc) is 3.29. The second-order valence-corrected chi connectivity index (χ2v) is 16.2. The summed E-state index contributed by atoms with van der Waals surface area (Å²) in [5, 5.41) is 0. The molecule has 4 unspecified atom stereocenters. The summed E-state index contributed by atoms with van der Waals surface area (Å²) in [7, 11) is 0. The molecule has 4 rings (SSSR count). The fourth-order valence-corrected chi connectivity index (χ4v) is 10.6. The van der Waals surface area contributed by atoms with Gasteiger partial charge in [-0.2, -0.15) is 0 Å². The van der Waals surface area contributed by atoms with Gasteiger partial charge in [0, 0.05) is 6.61 Å². The standard InChI is InChI=1S/C39H70O/c1-7-8-9-10-11-12-13-14-15-16-28-40-33-24-26-38(5)32(29-33)20-21-34-36-23-22-35(31(4)19-17-18-30(2)3)39(36,6)27-25-37(34)38/h20,30-31,33-37H,7-19,21-29H2,1-6H3/t31-,33?,34?,35-,36?,37?,38+,39-/m1/s1. The van der Waals surface area contributed by atoms with Gasteiger partial charge in [-0.25, -0.2) is 0 Å². The molecular weight excluding hydrogens is 484 g/mol. The van der Waals surface area contributed by atoms with E-state index in [4.69, 9.17) is 4.74 Å². The van der Waals surface area contributed by atoms with E-state index in [0.717, 1.165) is 42.1 Å². The van der Waals surface area contributed by atoms with Crippen LogP contribution >= 0.6 is 0 Å². The molecule has 1 heteroatoms.